The van der Waals surface area contributed by atoms with E-state index in [-0.39, 0.29) is 38.4 Å². The van der Waals surface area contributed by atoms with Crippen LogP contribution in [-0.2, 0) is 16.6 Å². The van der Waals surface area contributed by atoms with E-state index < -0.39 is 0 Å². The Morgan fingerprint density at radius 2 is 1.66 bits per heavy atom. The summed E-state index contributed by atoms with van der Waals surface area (Å²) in [7, 11) is 2.19. The number of hydrogen-bond donors (Lipinski definition) is 2. The molecular weight excluding hydrogens is 613 g/mol. The molecule has 50 heavy (non-hydrogen) atoms. The Bertz CT molecular complexity index is 1760. The van der Waals surface area contributed by atoms with Crippen molar-refractivity contribution in [3.63, 3.8) is 0 Å². The van der Waals surface area contributed by atoms with E-state index in [1.54, 1.807) is 11.1 Å². The number of H-pyrrole nitrogens is 1. The Morgan fingerprint density at radius 1 is 0.920 bits per heavy atom. The molecule has 7 atom stereocenters. The molecule has 0 spiro atoms. The molecule has 3 saturated carbocycles. The number of para-hydroxylation sites is 1. The summed E-state index contributed by atoms with van der Waals surface area (Å²) in [4.78, 5) is 23.2. The van der Waals surface area contributed by atoms with Gasteiger partial charge in [-0.3, -0.25) is 9.69 Å². The van der Waals surface area contributed by atoms with Crippen LogP contribution in [0.2, 0.25) is 0 Å². The molecule has 1 amide bonds. The smallest absolute Gasteiger partial charge is 0.227 e. The van der Waals surface area contributed by atoms with Crippen molar-refractivity contribution < 1.29 is 4.79 Å². The zero-order valence-electron chi connectivity index (χ0n) is 32.5. The van der Waals surface area contributed by atoms with E-state index in [2.05, 4.69) is 118 Å². The largest absolute Gasteiger partial charge is 0.358 e. The molecule has 270 valence electrons. The summed E-state index contributed by atoms with van der Waals surface area (Å²) >= 11 is 0. The van der Waals surface area contributed by atoms with Gasteiger partial charge >= 0.3 is 0 Å². The van der Waals surface area contributed by atoms with Crippen molar-refractivity contribution in [3.8, 4) is 11.8 Å². The number of carbonyl (C=O) groups is 1. The van der Waals surface area contributed by atoms with Gasteiger partial charge in [-0.15, -0.1) is 0 Å². The summed E-state index contributed by atoms with van der Waals surface area (Å²) in [6.07, 6.45) is 13.0. The van der Waals surface area contributed by atoms with Gasteiger partial charge in [-0.25, -0.2) is 0 Å². The first kappa shape index (κ1) is 34.5. The SMILES string of the molecule is CN1CCN(CC#CCNC(=O)[C@]23CCC(C)(C)C[C@H]2C2=CC[C@@H]4[C@@]5(C)Cc6c([nH]c7ccccc67)C(C)(C)[C@@H]5CC[C@@]4(C)[C@]2(C)CC3)CC1. The molecule has 1 aromatic heterocycles. The minimum absolute atomic E-state index is 0.105. The van der Waals surface area contributed by atoms with Gasteiger partial charge in [-0.1, -0.05) is 90.2 Å². The number of rotatable bonds is 3. The number of piperazine rings is 1. The van der Waals surface area contributed by atoms with Gasteiger partial charge in [-0.05, 0) is 116 Å². The molecule has 2 N–H and O–H groups in total. The number of aromatic nitrogens is 1. The van der Waals surface area contributed by atoms with Gasteiger partial charge in [0.1, 0.15) is 0 Å². The number of nitrogens with one attached hydrogen (secondary N) is 2. The summed E-state index contributed by atoms with van der Waals surface area (Å²) < 4.78 is 0. The normalized spacial score (nSPS) is 39.0. The van der Waals surface area contributed by atoms with E-state index in [9.17, 15) is 4.79 Å². The molecule has 5 nitrogen and oxygen atoms in total. The van der Waals surface area contributed by atoms with E-state index in [1.165, 1.54) is 35.9 Å². The molecule has 6 aliphatic rings. The molecule has 1 aromatic carbocycles. The van der Waals surface area contributed by atoms with E-state index in [4.69, 9.17) is 0 Å². The van der Waals surface area contributed by atoms with Crippen LogP contribution < -0.4 is 5.32 Å². The Kier molecular flexibility index (Phi) is 8.10. The van der Waals surface area contributed by atoms with Crippen LogP contribution in [0.3, 0.4) is 0 Å². The Hall–Kier alpha value is -2.55. The predicted octanol–water partition coefficient (Wildman–Crippen LogP) is 8.35. The number of amides is 1. The van der Waals surface area contributed by atoms with Gasteiger partial charge in [0.25, 0.3) is 0 Å². The van der Waals surface area contributed by atoms with Gasteiger partial charge in [-0.2, -0.15) is 0 Å². The third-order valence-electron chi connectivity index (χ3n) is 16.6. The topological polar surface area (TPSA) is 51.4 Å². The van der Waals surface area contributed by atoms with Crippen LogP contribution in [0.5, 0.6) is 0 Å². The first-order chi connectivity index (χ1) is 23.6. The van der Waals surface area contributed by atoms with Crippen LogP contribution in [0.4, 0.5) is 0 Å². The van der Waals surface area contributed by atoms with Crippen molar-refractivity contribution in [2.45, 2.75) is 112 Å². The number of nitrogens with zero attached hydrogens (tertiary/aromatic N) is 2. The molecule has 4 fully saturated rings. The predicted molar refractivity (Wildman–Crippen MR) is 206 cm³/mol. The number of carbonyl (C=O) groups excluding carboxylic acids is 1. The molecule has 1 aliphatic heterocycles. The van der Waals surface area contributed by atoms with E-state index >= 15 is 0 Å². The second kappa shape index (κ2) is 11.7. The highest BCUT2D eigenvalue weighted by molar-refractivity contribution is 5.86. The van der Waals surface area contributed by atoms with Crippen molar-refractivity contribution in [1.29, 1.82) is 0 Å². The molecule has 8 rings (SSSR count). The van der Waals surface area contributed by atoms with Crippen LogP contribution >= 0.6 is 0 Å². The highest BCUT2D eigenvalue weighted by Gasteiger charge is 2.69. The zero-order valence-corrected chi connectivity index (χ0v) is 32.5. The Labute approximate surface area is 302 Å². The van der Waals surface area contributed by atoms with Gasteiger partial charge in [0.2, 0.25) is 5.91 Å². The molecule has 2 heterocycles. The maximum absolute atomic E-state index is 14.5. The fourth-order valence-corrected chi connectivity index (χ4v) is 13.5. The Balaban J connectivity index is 1.09. The van der Waals surface area contributed by atoms with Crippen molar-refractivity contribution in [2.75, 3.05) is 46.3 Å². The second-order valence-corrected chi connectivity index (χ2v) is 19.9. The van der Waals surface area contributed by atoms with E-state index in [1.807, 2.05) is 0 Å². The number of fused-ring (bicyclic) bond motifs is 10. The fourth-order valence-electron chi connectivity index (χ4n) is 13.5. The zero-order chi connectivity index (χ0) is 35.3. The molecular formula is C45H64N4O. The summed E-state index contributed by atoms with van der Waals surface area (Å²) in [5.41, 5.74) is 6.60. The summed E-state index contributed by atoms with van der Waals surface area (Å²) in [5.74, 6) is 8.56. The highest BCUT2D eigenvalue weighted by Crippen LogP contribution is 2.75. The highest BCUT2D eigenvalue weighted by atomic mass is 16.2. The van der Waals surface area contributed by atoms with Gasteiger partial charge in [0, 0.05) is 48.2 Å². The van der Waals surface area contributed by atoms with Crippen LogP contribution in [0.15, 0.2) is 35.9 Å². The number of likely N-dealkylation sites (N-methyl/N-ethyl adjacent to an activating group) is 1. The summed E-state index contributed by atoms with van der Waals surface area (Å²) in [6.45, 7) is 23.6. The average molecular weight is 677 g/mol. The summed E-state index contributed by atoms with van der Waals surface area (Å²) in [5, 5.41) is 4.83. The maximum Gasteiger partial charge on any atom is 0.227 e. The molecule has 0 bridgehead atoms. The minimum Gasteiger partial charge on any atom is -0.358 e. The number of allylic oxidation sites excluding steroid dienone is 2. The third-order valence-corrected chi connectivity index (χ3v) is 16.6. The van der Waals surface area contributed by atoms with Gasteiger partial charge in [0.05, 0.1) is 18.5 Å². The monoisotopic (exact) mass is 677 g/mol. The number of hydrogen-bond acceptors (Lipinski definition) is 3. The minimum atomic E-state index is -0.309. The lowest BCUT2D eigenvalue weighted by Crippen LogP contribution is -2.65. The van der Waals surface area contributed by atoms with Crippen LogP contribution in [0, 0.1) is 56.7 Å². The standard InChI is InChI=1S/C45H64N4O/c1-40(2)19-21-45(39(50)46-23-11-12-24-49-27-25-48(8)26-28-49)22-20-43(6)33(34(45)30-40)15-16-37-42(5)29-32-31-13-9-10-14-35(31)47-38(32)41(3,4)36(42)17-18-44(37,43)7/h9-10,13-15,34,36-37,47H,16-30H2,1-8H3,(H,46,50)/t34-,36-,37+,42-,43+,44+,45-/m0/s1. The molecule has 5 aliphatic carbocycles. The van der Waals surface area contributed by atoms with Gasteiger partial charge < -0.3 is 15.2 Å². The van der Waals surface area contributed by atoms with Crippen LogP contribution in [0.1, 0.15) is 111 Å². The lowest BCUT2D eigenvalue weighted by molar-refractivity contribution is -0.167. The van der Waals surface area contributed by atoms with Gasteiger partial charge in [0.15, 0.2) is 0 Å². The molecule has 0 unspecified atom stereocenters. The first-order valence-corrected chi connectivity index (χ1v) is 20.1. The quantitative estimate of drug-likeness (QED) is 0.254. The van der Waals surface area contributed by atoms with E-state index in [0.29, 0.717) is 24.3 Å². The molecule has 1 saturated heterocycles. The van der Waals surface area contributed by atoms with Crippen molar-refractivity contribution in [2.24, 2.45) is 44.8 Å². The summed E-state index contributed by atoms with van der Waals surface area (Å²) in [6, 6.07) is 9.02. The van der Waals surface area contributed by atoms with E-state index in [0.717, 1.165) is 71.2 Å². The maximum atomic E-state index is 14.5. The van der Waals surface area contributed by atoms with Crippen molar-refractivity contribution >= 4 is 16.8 Å². The number of benzene rings is 1. The first-order valence-electron chi connectivity index (χ1n) is 20.1. The second-order valence-electron chi connectivity index (χ2n) is 19.9. The van der Waals surface area contributed by atoms with Crippen LogP contribution in [0.25, 0.3) is 10.9 Å². The third kappa shape index (κ3) is 4.97. The Morgan fingerprint density at radius 3 is 2.44 bits per heavy atom. The molecule has 5 heteroatoms. The lowest BCUT2D eigenvalue weighted by Gasteiger charge is -2.70. The molecule has 0 radical (unpaired) electrons. The number of aromatic amines is 1. The fraction of sp³-hybridized carbons (Fsp3) is 0.711. The lowest BCUT2D eigenvalue weighted by atomic mass is 9.33. The van der Waals surface area contributed by atoms with Crippen molar-refractivity contribution in [3.05, 3.63) is 47.2 Å². The average Bonchev–Trinajstić information content (AvgIpc) is 3.44. The van der Waals surface area contributed by atoms with Crippen LogP contribution in [-0.4, -0.2) is 67.0 Å². The molecule has 2 aromatic rings. The van der Waals surface area contributed by atoms with Crippen molar-refractivity contribution in [1.82, 2.24) is 20.1 Å².